The summed E-state index contributed by atoms with van der Waals surface area (Å²) in [7, 11) is 0. The number of benzene rings is 1. The van der Waals surface area contributed by atoms with E-state index in [4.69, 9.17) is 4.74 Å². The average molecular weight is 304 g/mol. The Morgan fingerprint density at radius 2 is 2.00 bits per heavy atom. The number of carbonyl (C=O) groups is 2. The second kappa shape index (κ2) is 6.05. The molecule has 1 heterocycles. The topological polar surface area (TPSA) is 79.3 Å². The minimum atomic E-state index is -1.39. The lowest BCUT2D eigenvalue weighted by Crippen LogP contribution is -2.23. The number of Topliss-reactive ketones (excluding diaryl/α,β-unsaturated/α-hetero) is 1. The lowest BCUT2D eigenvalue weighted by atomic mass is 10.1. The minimum Gasteiger partial charge on any atom is -0.543 e. The highest BCUT2D eigenvalue weighted by Crippen LogP contribution is 2.23. The van der Waals surface area contributed by atoms with Gasteiger partial charge >= 0.3 is 0 Å². The zero-order chi connectivity index (χ0) is 15.6. The number of carboxylic acid groups (broad SMARTS) is 1. The molecule has 0 aliphatic heterocycles. The Balaban J connectivity index is 2.09. The number of carbonyl (C=O) groups excluding carboxylic acids is 2. The van der Waals surface area contributed by atoms with Crippen LogP contribution in [0.4, 0.5) is 0 Å². The van der Waals surface area contributed by atoms with Crippen molar-refractivity contribution in [2.24, 2.45) is 0 Å². The Kier molecular flexibility index (Phi) is 4.37. The van der Waals surface area contributed by atoms with Gasteiger partial charge in [-0.1, -0.05) is 6.07 Å². The van der Waals surface area contributed by atoms with Gasteiger partial charge in [0, 0.05) is 5.38 Å². The fraction of sp³-hybridized carbons (Fsp3) is 0.267. The third kappa shape index (κ3) is 3.46. The number of nitrogens with zero attached hydrogens (tertiary/aromatic N) is 1. The SMILES string of the molecule is Cc1cc(C)c(C)c(OCC(=O)c2nc(C(=O)[O-])cs2)c1. The summed E-state index contributed by atoms with van der Waals surface area (Å²) in [6.45, 7) is 5.67. The third-order valence-corrected chi connectivity index (χ3v) is 3.96. The van der Waals surface area contributed by atoms with Crippen molar-refractivity contribution in [1.29, 1.82) is 0 Å². The van der Waals surface area contributed by atoms with Gasteiger partial charge in [0.15, 0.2) is 11.6 Å². The first-order valence-electron chi connectivity index (χ1n) is 6.29. The summed E-state index contributed by atoms with van der Waals surface area (Å²) in [6.07, 6.45) is 0. The maximum Gasteiger partial charge on any atom is 0.228 e. The number of aromatic carboxylic acids is 1. The zero-order valence-electron chi connectivity index (χ0n) is 11.9. The summed E-state index contributed by atoms with van der Waals surface area (Å²) in [4.78, 5) is 26.3. The van der Waals surface area contributed by atoms with Gasteiger partial charge in [0.05, 0.1) is 11.7 Å². The number of ketones is 1. The molecule has 0 unspecified atom stereocenters. The van der Waals surface area contributed by atoms with Crippen LogP contribution in [0, 0.1) is 20.8 Å². The van der Waals surface area contributed by atoms with Gasteiger partial charge < -0.3 is 14.6 Å². The van der Waals surface area contributed by atoms with Gasteiger partial charge in [-0.25, -0.2) is 4.98 Å². The Bertz CT molecular complexity index is 706. The summed E-state index contributed by atoms with van der Waals surface area (Å²) in [5.41, 5.74) is 2.88. The number of hydrogen-bond acceptors (Lipinski definition) is 6. The van der Waals surface area contributed by atoms with Crippen molar-refractivity contribution < 1.29 is 19.4 Å². The quantitative estimate of drug-likeness (QED) is 0.785. The summed E-state index contributed by atoms with van der Waals surface area (Å²) in [5.74, 6) is -1.10. The standard InChI is InChI=1S/C15H15NO4S/c1-8-4-9(2)10(3)13(5-8)20-6-12(17)14-16-11(7-21-14)15(18)19/h4-5,7H,6H2,1-3H3,(H,18,19)/p-1. The van der Waals surface area contributed by atoms with Crippen LogP contribution in [0.1, 0.15) is 37.0 Å². The number of aryl methyl sites for hydroxylation is 2. The van der Waals surface area contributed by atoms with E-state index in [-0.39, 0.29) is 23.1 Å². The van der Waals surface area contributed by atoms with Crippen LogP contribution in [-0.4, -0.2) is 23.3 Å². The van der Waals surface area contributed by atoms with E-state index in [0.717, 1.165) is 28.0 Å². The second-order valence-corrected chi connectivity index (χ2v) is 5.60. The van der Waals surface area contributed by atoms with Crippen molar-refractivity contribution in [2.45, 2.75) is 20.8 Å². The van der Waals surface area contributed by atoms with Gasteiger partial charge in [0.1, 0.15) is 5.75 Å². The van der Waals surface area contributed by atoms with E-state index >= 15 is 0 Å². The molecule has 0 N–H and O–H groups in total. The highest BCUT2D eigenvalue weighted by atomic mass is 32.1. The molecule has 0 aliphatic rings. The monoisotopic (exact) mass is 304 g/mol. The van der Waals surface area contributed by atoms with Crippen LogP contribution in [0.2, 0.25) is 0 Å². The fourth-order valence-electron chi connectivity index (χ4n) is 1.85. The van der Waals surface area contributed by atoms with E-state index in [1.165, 1.54) is 5.38 Å². The van der Waals surface area contributed by atoms with Crippen molar-refractivity contribution in [3.05, 3.63) is 44.9 Å². The van der Waals surface area contributed by atoms with E-state index in [9.17, 15) is 14.7 Å². The molecule has 0 radical (unpaired) electrons. The van der Waals surface area contributed by atoms with Crippen LogP contribution in [0.15, 0.2) is 17.5 Å². The lowest BCUT2D eigenvalue weighted by molar-refractivity contribution is -0.255. The van der Waals surface area contributed by atoms with Gasteiger partial charge in [-0.2, -0.15) is 0 Å². The van der Waals surface area contributed by atoms with Crippen molar-refractivity contribution in [3.63, 3.8) is 0 Å². The number of ether oxygens (including phenoxy) is 1. The lowest BCUT2D eigenvalue weighted by Gasteiger charge is -2.11. The summed E-state index contributed by atoms with van der Waals surface area (Å²) in [5, 5.41) is 12.0. The molecule has 0 atom stereocenters. The third-order valence-electron chi connectivity index (χ3n) is 3.07. The first kappa shape index (κ1) is 15.2. The summed E-state index contributed by atoms with van der Waals surface area (Å²) >= 11 is 0.970. The van der Waals surface area contributed by atoms with Crippen LogP contribution in [0.3, 0.4) is 0 Å². The number of hydrogen-bond donors (Lipinski definition) is 0. The number of carboxylic acids is 1. The van der Waals surface area contributed by atoms with Gasteiger partial charge in [0.25, 0.3) is 0 Å². The van der Waals surface area contributed by atoms with Crippen molar-refractivity contribution >= 4 is 23.1 Å². The number of thiazole rings is 1. The molecule has 0 bridgehead atoms. The van der Waals surface area contributed by atoms with Gasteiger partial charge in [-0.15, -0.1) is 11.3 Å². The molecule has 110 valence electrons. The Hall–Kier alpha value is -2.21. The smallest absolute Gasteiger partial charge is 0.228 e. The van der Waals surface area contributed by atoms with Crippen LogP contribution in [-0.2, 0) is 0 Å². The molecule has 21 heavy (non-hydrogen) atoms. The molecule has 2 aromatic rings. The first-order valence-corrected chi connectivity index (χ1v) is 7.17. The first-order chi connectivity index (χ1) is 9.88. The molecule has 6 heteroatoms. The van der Waals surface area contributed by atoms with E-state index in [1.54, 1.807) is 0 Å². The highest BCUT2D eigenvalue weighted by molar-refractivity contribution is 7.11. The molecule has 2 rings (SSSR count). The molecule has 0 aliphatic carbocycles. The Labute approximate surface area is 126 Å². The molecule has 1 aromatic carbocycles. The largest absolute Gasteiger partial charge is 0.543 e. The Morgan fingerprint density at radius 3 is 2.62 bits per heavy atom. The van der Waals surface area contributed by atoms with Crippen molar-refractivity contribution in [3.8, 4) is 5.75 Å². The van der Waals surface area contributed by atoms with Crippen molar-refractivity contribution in [1.82, 2.24) is 4.98 Å². The zero-order valence-corrected chi connectivity index (χ0v) is 12.7. The predicted molar refractivity (Wildman–Crippen MR) is 76.9 cm³/mol. The van der Waals surface area contributed by atoms with Crippen molar-refractivity contribution in [2.75, 3.05) is 6.61 Å². The second-order valence-electron chi connectivity index (χ2n) is 4.74. The van der Waals surface area contributed by atoms with E-state index in [2.05, 4.69) is 4.98 Å². The molecule has 0 saturated heterocycles. The van der Waals surface area contributed by atoms with Crippen LogP contribution in [0.5, 0.6) is 5.75 Å². The van der Waals surface area contributed by atoms with E-state index in [1.807, 2.05) is 32.9 Å². The van der Waals surface area contributed by atoms with Gasteiger partial charge in [-0.3, -0.25) is 4.79 Å². The maximum atomic E-state index is 11.9. The molecule has 0 saturated carbocycles. The summed E-state index contributed by atoms with van der Waals surface area (Å²) in [6, 6.07) is 3.90. The maximum absolute atomic E-state index is 11.9. The Morgan fingerprint density at radius 1 is 1.29 bits per heavy atom. The van der Waals surface area contributed by atoms with E-state index < -0.39 is 5.97 Å². The fourth-order valence-corrected chi connectivity index (χ4v) is 2.56. The molecular formula is C15H14NO4S-. The minimum absolute atomic E-state index is 0.108. The normalized spacial score (nSPS) is 10.4. The molecule has 1 aromatic heterocycles. The van der Waals surface area contributed by atoms with E-state index in [0.29, 0.717) is 5.75 Å². The average Bonchev–Trinajstić information content (AvgIpc) is 2.90. The highest BCUT2D eigenvalue weighted by Gasteiger charge is 2.13. The molecular weight excluding hydrogens is 290 g/mol. The van der Waals surface area contributed by atoms with Crippen LogP contribution >= 0.6 is 11.3 Å². The number of rotatable bonds is 5. The predicted octanol–water partition coefficient (Wildman–Crippen LogP) is 1.69. The van der Waals surface area contributed by atoms with Gasteiger partial charge in [0.2, 0.25) is 5.78 Å². The molecule has 0 spiro atoms. The van der Waals surface area contributed by atoms with Gasteiger partial charge in [-0.05, 0) is 43.5 Å². The summed E-state index contributed by atoms with van der Waals surface area (Å²) < 4.78 is 5.54. The van der Waals surface area contributed by atoms with Crippen LogP contribution in [0.25, 0.3) is 0 Å². The number of aromatic nitrogens is 1. The van der Waals surface area contributed by atoms with Crippen LogP contribution < -0.4 is 9.84 Å². The molecule has 5 nitrogen and oxygen atoms in total. The molecule has 0 amide bonds. The molecule has 0 fully saturated rings.